The normalized spacial score (nSPS) is 19.9. The third-order valence-electron chi connectivity index (χ3n) is 6.77. The van der Waals surface area contributed by atoms with Crippen LogP contribution < -0.4 is 4.90 Å². The van der Waals surface area contributed by atoms with Crippen LogP contribution in [0.2, 0.25) is 0 Å². The molecule has 3 unspecified atom stereocenters. The van der Waals surface area contributed by atoms with Gasteiger partial charge in [-0.3, -0.25) is 20.2 Å². The maximum Gasteiger partial charge on any atom is 0.269 e. The first-order valence-corrected chi connectivity index (χ1v) is 12.6. The first-order valence-electron chi connectivity index (χ1n) is 11.8. The van der Waals surface area contributed by atoms with Gasteiger partial charge in [-0.15, -0.1) is 0 Å². The summed E-state index contributed by atoms with van der Waals surface area (Å²) in [6, 6.07) is 28.0. The van der Waals surface area contributed by atoms with Crippen LogP contribution in [0.3, 0.4) is 0 Å². The number of rotatable bonds is 5. The van der Waals surface area contributed by atoms with Crippen molar-refractivity contribution in [2.24, 2.45) is 4.99 Å². The van der Waals surface area contributed by atoms with E-state index in [4.69, 9.17) is 9.73 Å². The van der Waals surface area contributed by atoms with Crippen molar-refractivity contribution in [1.29, 1.82) is 0 Å². The fourth-order valence-corrected chi connectivity index (χ4v) is 5.27. The molecule has 4 aromatic carbocycles. The number of hydrogen-bond donors (Lipinski definition) is 0. The Morgan fingerprint density at radius 1 is 0.763 bits per heavy atom. The number of nitrogens with zero attached hydrogens (tertiary/aromatic N) is 4. The standard InChI is InChI=1S/C28H19BrN4O5/c29-20-11-5-17(6-12-20)25-28-31(24-4-2-1-3-23(24)30-25)26(18-7-13-21(14-8-18)32(34)35)27(38-28)19-9-15-22(16-10-19)33(36)37/h1-16,26-28H. The number of benzene rings is 4. The minimum Gasteiger partial charge on any atom is -0.342 e. The van der Waals surface area contributed by atoms with E-state index >= 15 is 0 Å². The molecule has 2 heterocycles. The Morgan fingerprint density at radius 2 is 1.34 bits per heavy atom. The summed E-state index contributed by atoms with van der Waals surface area (Å²) >= 11 is 3.49. The monoisotopic (exact) mass is 570 g/mol. The number of hydrogen-bond acceptors (Lipinski definition) is 7. The number of non-ortho nitro benzene ring substituents is 2. The Morgan fingerprint density at radius 3 is 1.95 bits per heavy atom. The number of para-hydroxylation sites is 2. The van der Waals surface area contributed by atoms with E-state index in [0.29, 0.717) is 0 Å². The van der Waals surface area contributed by atoms with Gasteiger partial charge in [0.05, 0.1) is 33.0 Å². The first kappa shape index (κ1) is 24.0. The zero-order valence-electron chi connectivity index (χ0n) is 19.7. The Hall–Kier alpha value is -4.41. The second-order valence-corrected chi connectivity index (χ2v) is 9.87. The van der Waals surface area contributed by atoms with Crippen molar-refractivity contribution >= 4 is 44.4 Å². The lowest BCUT2D eigenvalue weighted by Gasteiger charge is -2.35. The lowest BCUT2D eigenvalue weighted by molar-refractivity contribution is -0.385. The van der Waals surface area contributed by atoms with E-state index in [1.807, 2.05) is 48.5 Å². The number of ether oxygens (including phenoxy) is 1. The number of anilines is 1. The third kappa shape index (κ3) is 4.13. The average molecular weight is 571 g/mol. The van der Waals surface area contributed by atoms with Crippen LogP contribution >= 0.6 is 15.9 Å². The Balaban J connectivity index is 1.52. The average Bonchev–Trinajstić information content (AvgIpc) is 3.34. The van der Waals surface area contributed by atoms with Crippen LogP contribution in [0.4, 0.5) is 22.7 Å². The quantitative estimate of drug-likeness (QED) is 0.188. The largest absolute Gasteiger partial charge is 0.342 e. The maximum absolute atomic E-state index is 11.3. The molecular weight excluding hydrogens is 552 g/mol. The Bertz CT molecular complexity index is 1570. The van der Waals surface area contributed by atoms with Gasteiger partial charge in [0.15, 0.2) is 6.23 Å². The van der Waals surface area contributed by atoms with Crippen molar-refractivity contribution in [2.45, 2.75) is 18.4 Å². The lowest BCUT2D eigenvalue weighted by Crippen LogP contribution is -2.41. The molecule has 1 saturated heterocycles. The number of nitro groups is 2. The number of nitro benzene ring substituents is 2. The summed E-state index contributed by atoms with van der Waals surface area (Å²) in [5.41, 5.74) is 4.81. The molecule has 3 atom stereocenters. The topological polar surface area (TPSA) is 111 Å². The maximum atomic E-state index is 11.3. The predicted octanol–water partition coefficient (Wildman–Crippen LogP) is 7.05. The zero-order chi connectivity index (χ0) is 26.4. The lowest BCUT2D eigenvalue weighted by atomic mass is 9.93. The number of halogens is 1. The highest BCUT2D eigenvalue weighted by atomic mass is 79.9. The smallest absolute Gasteiger partial charge is 0.269 e. The van der Waals surface area contributed by atoms with Crippen LogP contribution in [-0.4, -0.2) is 21.8 Å². The molecule has 38 heavy (non-hydrogen) atoms. The fourth-order valence-electron chi connectivity index (χ4n) is 5.01. The summed E-state index contributed by atoms with van der Waals surface area (Å²) in [7, 11) is 0. The van der Waals surface area contributed by atoms with E-state index in [2.05, 4.69) is 20.8 Å². The van der Waals surface area contributed by atoms with Crippen LogP contribution in [0.5, 0.6) is 0 Å². The summed E-state index contributed by atoms with van der Waals surface area (Å²) in [6.07, 6.45) is -1.10. The Labute approximate surface area is 225 Å². The molecular formula is C28H19BrN4O5. The van der Waals surface area contributed by atoms with Crippen LogP contribution in [0.25, 0.3) is 0 Å². The number of aliphatic imine (C=N–C) groups is 1. The minimum absolute atomic E-state index is 0.00717. The van der Waals surface area contributed by atoms with Gasteiger partial charge in [0, 0.05) is 34.3 Å². The van der Waals surface area contributed by atoms with Crippen molar-refractivity contribution in [3.05, 3.63) is 138 Å². The van der Waals surface area contributed by atoms with Gasteiger partial charge in [0.25, 0.3) is 11.4 Å². The summed E-state index contributed by atoms with van der Waals surface area (Å²) in [4.78, 5) is 28.8. The van der Waals surface area contributed by atoms with Gasteiger partial charge in [-0.2, -0.15) is 0 Å². The van der Waals surface area contributed by atoms with Crippen LogP contribution in [0.15, 0.2) is 107 Å². The molecule has 0 radical (unpaired) electrons. The fraction of sp³-hybridized carbons (Fsp3) is 0.107. The summed E-state index contributed by atoms with van der Waals surface area (Å²) < 4.78 is 7.67. The first-order chi connectivity index (χ1) is 18.4. The van der Waals surface area contributed by atoms with E-state index in [1.54, 1.807) is 24.3 Å². The summed E-state index contributed by atoms with van der Waals surface area (Å²) in [6.45, 7) is 0. The van der Waals surface area contributed by atoms with E-state index in [1.165, 1.54) is 24.3 Å². The second-order valence-electron chi connectivity index (χ2n) is 8.95. The van der Waals surface area contributed by atoms with E-state index in [-0.39, 0.29) is 17.4 Å². The highest BCUT2D eigenvalue weighted by Crippen LogP contribution is 2.52. The van der Waals surface area contributed by atoms with Crippen molar-refractivity contribution in [3.8, 4) is 0 Å². The van der Waals surface area contributed by atoms with Gasteiger partial charge in [-0.25, -0.2) is 4.99 Å². The second kappa shape index (κ2) is 9.47. The molecule has 1 fully saturated rings. The molecule has 0 saturated carbocycles. The van der Waals surface area contributed by atoms with Crippen molar-refractivity contribution in [3.63, 3.8) is 0 Å². The molecule has 2 aliphatic heterocycles. The van der Waals surface area contributed by atoms with E-state index in [0.717, 1.165) is 38.2 Å². The van der Waals surface area contributed by atoms with Gasteiger partial charge in [0.1, 0.15) is 6.10 Å². The highest BCUT2D eigenvalue weighted by Gasteiger charge is 2.48. The Kier molecular flexibility index (Phi) is 5.97. The zero-order valence-corrected chi connectivity index (χ0v) is 21.3. The molecule has 6 rings (SSSR count). The molecule has 4 aromatic rings. The van der Waals surface area contributed by atoms with E-state index < -0.39 is 22.2 Å². The van der Waals surface area contributed by atoms with Gasteiger partial charge in [-0.05, 0) is 47.5 Å². The van der Waals surface area contributed by atoms with Gasteiger partial charge < -0.3 is 9.64 Å². The molecule has 0 spiro atoms. The number of fused-ring (bicyclic) bond motifs is 3. The van der Waals surface area contributed by atoms with Crippen molar-refractivity contribution in [2.75, 3.05) is 4.90 Å². The molecule has 2 aliphatic rings. The minimum atomic E-state index is -0.563. The molecule has 0 bridgehead atoms. The molecule has 9 nitrogen and oxygen atoms in total. The van der Waals surface area contributed by atoms with Gasteiger partial charge in [0.2, 0.25) is 0 Å². The SMILES string of the molecule is O=[N+]([O-])c1ccc(C2OC3C(c4ccc(Br)cc4)=Nc4ccccc4N3C2c2ccc([N+](=O)[O-])cc2)cc1. The van der Waals surface area contributed by atoms with Crippen LogP contribution in [-0.2, 0) is 4.74 Å². The summed E-state index contributed by atoms with van der Waals surface area (Å²) in [5.74, 6) is 0. The molecule has 0 N–H and O–H groups in total. The molecule has 0 aromatic heterocycles. The van der Waals surface area contributed by atoms with Gasteiger partial charge >= 0.3 is 0 Å². The molecule has 188 valence electrons. The summed E-state index contributed by atoms with van der Waals surface area (Å²) in [5, 5.41) is 22.6. The molecule has 10 heteroatoms. The van der Waals surface area contributed by atoms with E-state index in [9.17, 15) is 20.2 Å². The van der Waals surface area contributed by atoms with Gasteiger partial charge in [-0.1, -0.05) is 52.3 Å². The predicted molar refractivity (Wildman–Crippen MR) is 146 cm³/mol. The van der Waals surface area contributed by atoms with Crippen molar-refractivity contribution < 1.29 is 14.6 Å². The van der Waals surface area contributed by atoms with Crippen molar-refractivity contribution in [1.82, 2.24) is 0 Å². The molecule has 0 amide bonds. The molecule has 0 aliphatic carbocycles. The third-order valence-corrected chi connectivity index (χ3v) is 7.30. The van der Waals surface area contributed by atoms with Crippen LogP contribution in [0, 0.1) is 20.2 Å². The highest BCUT2D eigenvalue weighted by molar-refractivity contribution is 9.10. The van der Waals surface area contributed by atoms with Crippen LogP contribution in [0.1, 0.15) is 28.8 Å².